The number of halogens is 3. The lowest BCUT2D eigenvalue weighted by Gasteiger charge is -2.33. The van der Waals surface area contributed by atoms with Crippen LogP contribution in [-0.4, -0.2) is 23.8 Å². The molecule has 0 radical (unpaired) electrons. The molecule has 5 heteroatoms. The Morgan fingerprint density at radius 3 is 2.42 bits per heavy atom. The van der Waals surface area contributed by atoms with Gasteiger partial charge >= 0.3 is 0 Å². The molecule has 110 valence electrons. The molecule has 2 rings (SSSR count). The zero-order valence-corrected chi connectivity index (χ0v) is 11.9. The molecule has 2 unspecified atom stereocenters. The molecular formula is C14H22ClF2NO. The van der Waals surface area contributed by atoms with Gasteiger partial charge < -0.3 is 5.32 Å². The van der Waals surface area contributed by atoms with Crippen LogP contribution in [0, 0.1) is 11.8 Å². The van der Waals surface area contributed by atoms with Gasteiger partial charge in [0.15, 0.2) is 0 Å². The third kappa shape index (κ3) is 4.04. The number of alkyl halides is 3. The number of hydrogen-bond acceptors (Lipinski definition) is 1. The van der Waals surface area contributed by atoms with Crippen molar-refractivity contribution in [2.45, 2.75) is 63.3 Å². The minimum Gasteiger partial charge on any atom is -0.353 e. The van der Waals surface area contributed by atoms with E-state index < -0.39 is 5.92 Å². The van der Waals surface area contributed by atoms with Gasteiger partial charge in [0.05, 0.1) is 0 Å². The summed E-state index contributed by atoms with van der Waals surface area (Å²) in [6.07, 6.45) is 4.58. The van der Waals surface area contributed by atoms with Crippen molar-refractivity contribution in [3.05, 3.63) is 0 Å². The molecule has 0 aromatic heterocycles. The molecule has 0 heterocycles. The second kappa shape index (κ2) is 6.38. The summed E-state index contributed by atoms with van der Waals surface area (Å²) in [6.45, 7) is 0. The van der Waals surface area contributed by atoms with Crippen molar-refractivity contribution in [2.24, 2.45) is 11.8 Å². The standard InChI is InChI=1S/C14H22ClF2NO/c15-9-11-3-1-2-4-12(11)18-13(19)10-5-7-14(16,17)8-6-10/h10-12H,1-9H2,(H,18,19). The van der Waals surface area contributed by atoms with Crippen LogP contribution in [-0.2, 0) is 4.79 Å². The Hall–Kier alpha value is -0.380. The number of carbonyl (C=O) groups is 1. The van der Waals surface area contributed by atoms with Crippen LogP contribution in [0.15, 0.2) is 0 Å². The average molecular weight is 294 g/mol. The summed E-state index contributed by atoms with van der Waals surface area (Å²) < 4.78 is 26.1. The number of amides is 1. The third-order valence-corrected chi connectivity index (χ3v) is 4.92. The van der Waals surface area contributed by atoms with Gasteiger partial charge in [-0.3, -0.25) is 4.79 Å². The molecule has 1 N–H and O–H groups in total. The molecule has 0 aromatic carbocycles. The summed E-state index contributed by atoms with van der Waals surface area (Å²) in [5.41, 5.74) is 0. The summed E-state index contributed by atoms with van der Waals surface area (Å²) in [4.78, 5) is 12.1. The maximum Gasteiger partial charge on any atom is 0.248 e. The van der Waals surface area contributed by atoms with Crippen molar-refractivity contribution < 1.29 is 13.6 Å². The lowest BCUT2D eigenvalue weighted by atomic mass is 9.83. The molecule has 2 saturated carbocycles. The second-order valence-corrected chi connectivity index (χ2v) is 6.25. The SMILES string of the molecule is O=C(NC1CCCCC1CCl)C1CCC(F)(F)CC1. The first-order valence-corrected chi connectivity index (χ1v) is 7.79. The molecule has 2 aliphatic rings. The molecule has 1 amide bonds. The Bertz CT molecular complexity index is 315. The molecule has 2 atom stereocenters. The molecule has 0 saturated heterocycles. The van der Waals surface area contributed by atoms with Gasteiger partial charge in [0.25, 0.3) is 0 Å². The molecule has 2 aliphatic carbocycles. The van der Waals surface area contributed by atoms with Gasteiger partial charge in [-0.2, -0.15) is 0 Å². The van der Waals surface area contributed by atoms with Crippen LogP contribution in [0.5, 0.6) is 0 Å². The molecule has 0 aromatic rings. The van der Waals surface area contributed by atoms with E-state index in [2.05, 4.69) is 5.32 Å². The van der Waals surface area contributed by atoms with Crippen molar-refractivity contribution in [2.75, 3.05) is 5.88 Å². The van der Waals surface area contributed by atoms with E-state index in [0.717, 1.165) is 19.3 Å². The minimum atomic E-state index is -2.57. The summed E-state index contributed by atoms with van der Waals surface area (Å²) in [6, 6.07) is 0.140. The molecule has 0 aliphatic heterocycles. The normalized spacial score (nSPS) is 31.9. The maximum atomic E-state index is 13.1. The van der Waals surface area contributed by atoms with Gasteiger partial charge in [-0.25, -0.2) is 8.78 Å². The molecule has 2 nitrogen and oxygen atoms in total. The fourth-order valence-electron chi connectivity index (χ4n) is 3.19. The lowest BCUT2D eigenvalue weighted by Crippen LogP contribution is -2.46. The Kier molecular flexibility index (Phi) is 5.04. The van der Waals surface area contributed by atoms with Crippen LogP contribution in [0.4, 0.5) is 8.78 Å². The van der Waals surface area contributed by atoms with E-state index >= 15 is 0 Å². The highest BCUT2D eigenvalue weighted by molar-refractivity contribution is 6.18. The quantitative estimate of drug-likeness (QED) is 0.789. The maximum absolute atomic E-state index is 13.1. The summed E-state index contributed by atoms with van der Waals surface area (Å²) in [7, 11) is 0. The van der Waals surface area contributed by atoms with Crippen molar-refractivity contribution in [3.63, 3.8) is 0 Å². The minimum absolute atomic E-state index is 0.0440. The van der Waals surface area contributed by atoms with E-state index in [4.69, 9.17) is 11.6 Å². The Morgan fingerprint density at radius 2 is 1.79 bits per heavy atom. The molecular weight excluding hydrogens is 272 g/mol. The van der Waals surface area contributed by atoms with E-state index in [1.807, 2.05) is 0 Å². The van der Waals surface area contributed by atoms with E-state index in [0.29, 0.717) is 24.6 Å². The largest absolute Gasteiger partial charge is 0.353 e. The lowest BCUT2D eigenvalue weighted by molar-refractivity contribution is -0.130. The molecule has 0 bridgehead atoms. The second-order valence-electron chi connectivity index (χ2n) is 5.94. The van der Waals surface area contributed by atoms with Crippen molar-refractivity contribution in [3.8, 4) is 0 Å². The van der Waals surface area contributed by atoms with Crippen LogP contribution >= 0.6 is 11.6 Å². The molecule has 0 spiro atoms. The number of hydrogen-bond donors (Lipinski definition) is 1. The van der Waals surface area contributed by atoms with Crippen LogP contribution in [0.25, 0.3) is 0 Å². The van der Waals surface area contributed by atoms with Crippen LogP contribution < -0.4 is 5.32 Å². The Balaban J connectivity index is 1.83. The zero-order valence-electron chi connectivity index (χ0n) is 11.1. The highest BCUT2D eigenvalue weighted by Gasteiger charge is 2.38. The van der Waals surface area contributed by atoms with Gasteiger partial charge in [0, 0.05) is 30.7 Å². The highest BCUT2D eigenvalue weighted by atomic mass is 35.5. The van der Waals surface area contributed by atoms with Crippen molar-refractivity contribution >= 4 is 17.5 Å². The van der Waals surface area contributed by atoms with Crippen molar-refractivity contribution in [1.82, 2.24) is 5.32 Å². The van der Waals surface area contributed by atoms with Gasteiger partial charge in [-0.1, -0.05) is 12.8 Å². The summed E-state index contributed by atoms with van der Waals surface area (Å²) in [5, 5.41) is 3.05. The smallest absolute Gasteiger partial charge is 0.248 e. The fourth-order valence-corrected chi connectivity index (χ4v) is 3.55. The van der Waals surface area contributed by atoms with Gasteiger partial charge in [-0.05, 0) is 31.6 Å². The Labute approximate surface area is 118 Å². The average Bonchev–Trinajstić information content (AvgIpc) is 2.39. The van der Waals surface area contributed by atoms with E-state index in [1.165, 1.54) is 6.42 Å². The summed E-state index contributed by atoms with van der Waals surface area (Å²) >= 11 is 5.93. The zero-order chi connectivity index (χ0) is 13.9. The fraction of sp³-hybridized carbons (Fsp3) is 0.929. The van der Waals surface area contributed by atoms with Crippen LogP contribution in [0.3, 0.4) is 0 Å². The highest BCUT2D eigenvalue weighted by Crippen LogP contribution is 2.36. The third-order valence-electron chi connectivity index (χ3n) is 4.52. The Morgan fingerprint density at radius 1 is 1.16 bits per heavy atom. The predicted molar refractivity (Wildman–Crippen MR) is 71.5 cm³/mol. The van der Waals surface area contributed by atoms with Crippen LogP contribution in [0.1, 0.15) is 51.4 Å². The number of carbonyl (C=O) groups excluding carboxylic acids is 1. The number of nitrogens with one attached hydrogen (secondary N) is 1. The monoisotopic (exact) mass is 293 g/mol. The summed E-state index contributed by atoms with van der Waals surface area (Å²) in [5.74, 6) is -1.95. The van der Waals surface area contributed by atoms with E-state index in [1.54, 1.807) is 0 Å². The van der Waals surface area contributed by atoms with Gasteiger partial charge in [-0.15, -0.1) is 11.6 Å². The van der Waals surface area contributed by atoms with Gasteiger partial charge in [0.2, 0.25) is 11.8 Å². The van der Waals surface area contributed by atoms with Crippen molar-refractivity contribution in [1.29, 1.82) is 0 Å². The number of rotatable bonds is 3. The molecule has 19 heavy (non-hydrogen) atoms. The topological polar surface area (TPSA) is 29.1 Å². The predicted octanol–water partition coefficient (Wildman–Crippen LogP) is 3.73. The molecule has 2 fully saturated rings. The van der Waals surface area contributed by atoms with E-state index in [-0.39, 0.29) is 30.7 Å². The van der Waals surface area contributed by atoms with Crippen LogP contribution in [0.2, 0.25) is 0 Å². The first kappa shape index (κ1) is 15.0. The first-order valence-electron chi connectivity index (χ1n) is 7.26. The van der Waals surface area contributed by atoms with E-state index in [9.17, 15) is 13.6 Å². The van der Waals surface area contributed by atoms with Gasteiger partial charge in [0.1, 0.15) is 0 Å². The first-order chi connectivity index (χ1) is 9.02.